The molecule has 0 aliphatic carbocycles. The van der Waals surface area contributed by atoms with Crippen LogP contribution in [0.3, 0.4) is 0 Å². The number of nitrogens with zero attached hydrogens (tertiary/aromatic N) is 3. The van der Waals surface area contributed by atoms with E-state index in [1.807, 2.05) is 0 Å². The first-order chi connectivity index (χ1) is 11.0. The molecule has 0 bridgehead atoms. The highest BCUT2D eigenvalue weighted by molar-refractivity contribution is 6.04. The molecule has 23 heavy (non-hydrogen) atoms. The van der Waals surface area contributed by atoms with Crippen LogP contribution in [0.15, 0.2) is 18.2 Å². The maximum Gasteiger partial charge on any atom is 0.258 e. The molecule has 1 aliphatic heterocycles. The molecule has 2 aromatic rings. The van der Waals surface area contributed by atoms with Gasteiger partial charge in [0.25, 0.3) is 5.91 Å². The normalized spacial score (nSPS) is 15.6. The SMILES string of the molecule is Cc1cc(F)ccc1C(=O)Nc1nc(C2CCNCC2)nn1C. The Kier molecular flexibility index (Phi) is 4.38. The number of hydrogen-bond acceptors (Lipinski definition) is 4. The maximum atomic E-state index is 13.1. The van der Waals surface area contributed by atoms with Gasteiger partial charge in [0.2, 0.25) is 5.95 Å². The van der Waals surface area contributed by atoms with Crippen molar-refractivity contribution in [1.29, 1.82) is 0 Å². The van der Waals surface area contributed by atoms with Crippen LogP contribution >= 0.6 is 0 Å². The zero-order chi connectivity index (χ0) is 16.4. The number of carbonyl (C=O) groups is 1. The minimum absolute atomic E-state index is 0.310. The second-order valence-electron chi connectivity index (χ2n) is 5.85. The second-order valence-corrected chi connectivity index (χ2v) is 5.85. The molecule has 7 heteroatoms. The molecule has 0 unspecified atom stereocenters. The second kappa shape index (κ2) is 6.45. The quantitative estimate of drug-likeness (QED) is 0.908. The maximum absolute atomic E-state index is 13.1. The van der Waals surface area contributed by atoms with E-state index >= 15 is 0 Å². The van der Waals surface area contributed by atoms with Gasteiger partial charge in [-0.25, -0.2) is 9.07 Å². The number of benzene rings is 1. The van der Waals surface area contributed by atoms with Gasteiger partial charge in [-0.05, 0) is 56.6 Å². The summed E-state index contributed by atoms with van der Waals surface area (Å²) >= 11 is 0. The first-order valence-corrected chi connectivity index (χ1v) is 7.74. The number of nitrogens with one attached hydrogen (secondary N) is 2. The van der Waals surface area contributed by atoms with Gasteiger partial charge in [-0.1, -0.05) is 0 Å². The van der Waals surface area contributed by atoms with E-state index < -0.39 is 0 Å². The fourth-order valence-corrected chi connectivity index (χ4v) is 2.82. The largest absolute Gasteiger partial charge is 0.317 e. The Morgan fingerprint density at radius 1 is 1.39 bits per heavy atom. The lowest BCUT2D eigenvalue weighted by atomic mass is 9.98. The Morgan fingerprint density at radius 2 is 2.13 bits per heavy atom. The Labute approximate surface area is 134 Å². The number of anilines is 1. The molecule has 0 spiro atoms. The van der Waals surface area contributed by atoms with Crippen LogP contribution in [0.2, 0.25) is 0 Å². The Morgan fingerprint density at radius 3 is 2.83 bits per heavy atom. The van der Waals surface area contributed by atoms with Crippen molar-refractivity contribution in [3.63, 3.8) is 0 Å². The molecule has 0 atom stereocenters. The lowest BCUT2D eigenvalue weighted by Gasteiger charge is -2.19. The first-order valence-electron chi connectivity index (χ1n) is 7.74. The summed E-state index contributed by atoms with van der Waals surface area (Å²) in [6, 6.07) is 4.09. The van der Waals surface area contributed by atoms with Gasteiger partial charge in [-0.3, -0.25) is 10.1 Å². The number of rotatable bonds is 3. The lowest BCUT2D eigenvalue weighted by Crippen LogP contribution is -2.27. The Balaban J connectivity index is 1.77. The average Bonchev–Trinajstić information content (AvgIpc) is 2.89. The highest BCUT2D eigenvalue weighted by Gasteiger charge is 2.21. The Bertz CT molecular complexity index is 721. The third-order valence-electron chi connectivity index (χ3n) is 4.14. The van der Waals surface area contributed by atoms with E-state index in [-0.39, 0.29) is 11.7 Å². The van der Waals surface area contributed by atoms with Crippen molar-refractivity contribution in [2.45, 2.75) is 25.7 Å². The van der Waals surface area contributed by atoms with E-state index in [9.17, 15) is 9.18 Å². The van der Waals surface area contributed by atoms with Crippen molar-refractivity contribution in [3.8, 4) is 0 Å². The number of aromatic nitrogens is 3. The summed E-state index contributed by atoms with van der Waals surface area (Å²) in [5.41, 5.74) is 1.01. The number of piperidine rings is 1. The minimum Gasteiger partial charge on any atom is -0.317 e. The van der Waals surface area contributed by atoms with Gasteiger partial charge in [0, 0.05) is 18.5 Å². The molecule has 1 fully saturated rings. The molecule has 1 aromatic heterocycles. The molecule has 3 rings (SSSR count). The topological polar surface area (TPSA) is 71.8 Å². The molecule has 122 valence electrons. The smallest absolute Gasteiger partial charge is 0.258 e. The molecular formula is C16H20FN5O. The minimum atomic E-state index is -0.356. The summed E-state index contributed by atoms with van der Waals surface area (Å²) in [6.07, 6.45) is 1.99. The number of halogens is 1. The van der Waals surface area contributed by atoms with Crippen LogP contribution in [-0.4, -0.2) is 33.8 Å². The van der Waals surface area contributed by atoms with Crippen molar-refractivity contribution in [3.05, 3.63) is 41.0 Å². The summed E-state index contributed by atoms with van der Waals surface area (Å²) in [5, 5.41) is 10.5. The van der Waals surface area contributed by atoms with E-state index in [1.54, 1.807) is 18.7 Å². The zero-order valence-corrected chi connectivity index (χ0v) is 13.3. The molecular weight excluding hydrogens is 297 g/mol. The predicted octanol–water partition coefficient (Wildman–Crippen LogP) is 1.98. The molecule has 2 heterocycles. The number of amides is 1. The summed E-state index contributed by atoms with van der Waals surface area (Å²) < 4.78 is 14.7. The lowest BCUT2D eigenvalue weighted by molar-refractivity contribution is 0.102. The summed E-state index contributed by atoms with van der Waals surface area (Å²) in [4.78, 5) is 16.8. The van der Waals surface area contributed by atoms with Crippen LogP contribution in [0.5, 0.6) is 0 Å². The van der Waals surface area contributed by atoms with Crippen LogP contribution in [0.1, 0.15) is 40.5 Å². The van der Waals surface area contributed by atoms with Crippen molar-refractivity contribution in [2.75, 3.05) is 18.4 Å². The molecule has 1 aromatic carbocycles. The monoisotopic (exact) mass is 317 g/mol. The molecule has 6 nitrogen and oxygen atoms in total. The van der Waals surface area contributed by atoms with Gasteiger partial charge in [-0.2, -0.15) is 10.1 Å². The molecule has 2 N–H and O–H groups in total. The van der Waals surface area contributed by atoms with E-state index in [2.05, 4.69) is 20.7 Å². The first kappa shape index (κ1) is 15.6. The number of hydrogen-bond donors (Lipinski definition) is 2. The highest BCUT2D eigenvalue weighted by Crippen LogP contribution is 2.23. The van der Waals surface area contributed by atoms with Gasteiger partial charge >= 0.3 is 0 Å². The fourth-order valence-electron chi connectivity index (χ4n) is 2.82. The van der Waals surface area contributed by atoms with Crippen molar-refractivity contribution < 1.29 is 9.18 Å². The van der Waals surface area contributed by atoms with Crippen LogP contribution in [0, 0.1) is 12.7 Å². The van der Waals surface area contributed by atoms with Gasteiger partial charge in [0.15, 0.2) is 5.82 Å². The van der Waals surface area contributed by atoms with Crippen LogP contribution < -0.4 is 10.6 Å². The molecule has 0 saturated carbocycles. The van der Waals surface area contributed by atoms with Gasteiger partial charge in [-0.15, -0.1) is 0 Å². The average molecular weight is 317 g/mol. The van der Waals surface area contributed by atoms with E-state index in [4.69, 9.17) is 0 Å². The third kappa shape index (κ3) is 3.39. The van der Waals surface area contributed by atoms with E-state index in [1.165, 1.54) is 18.2 Å². The number of aryl methyl sites for hydroxylation is 2. The molecule has 1 amide bonds. The van der Waals surface area contributed by atoms with Crippen LogP contribution in [-0.2, 0) is 7.05 Å². The van der Waals surface area contributed by atoms with Gasteiger partial charge in [0.05, 0.1) is 0 Å². The molecule has 1 saturated heterocycles. The van der Waals surface area contributed by atoms with Gasteiger partial charge in [0.1, 0.15) is 5.82 Å². The predicted molar refractivity (Wildman–Crippen MR) is 84.9 cm³/mol. The number of carbonyl (C=O) groups excluding carboxylic acids is 1. The summed E-state index contributed by atoms with van der Waals surface area (Å²) in [7, 11) is 1.75. The van der Waals surface area contributed by atoms with E-state index in [0.717, 1.165) is 31.8 Å². The fraction of sp³-hybridized carbons (Fsp3) is 0.438. The molecule has 0 radical (unpaired) electrons. The Hall–Kier alpha value is -2.28. The summed E-state index contributed by atoms with van der Waals surface area (Å²) in [6.45, 7) is 3.62. The van der Waals surface area contributed by atoms with Crippen LogP contribution in [0.25, 0.3) is 0 Å². The highest BCUT2D eigenvalue weighted by atomic mass is 19.1. The standard InChI is InChI=1S/C16H20FN5O/c1-10-9-12(17)3-4-13(10)15(23)20-16-19-14(21-22(16)2)11-5-7-18-8-6-11/h3-4,9,11,18H,5-8H2,1-2H3,(H,19,20,21,23). The van der Waals surface area contributed by atoms with Crippen molar-refractivity contribution in [1.82, 2.24) is 20.1 Å². The van der Waals surface area contributed by atoms with Crippen molar-refractivity contribution >= 4 is 11.9 Å². The van der Waals surface area contributed by atoms with Crippen molar-refractivity contribution in [2.24, 2.45) is 7.05 Å². The van der Waals surface area contributed by atoms with Crippen LogP contribution in [0.4, 0.5) is 10.3 Å². The zero-order valence-electron chi connectivity index (χ0n) is 13.3. The third-order valence-corrected chi connectivity index (χ3v) is 4.14. The summed E-state index contributed by atoms with van der Waals surface area (Å²) in [5.74, 6) is 0.828. The molecule has 1 aliphatic rings. The van der Waals surface area contributed by atoms with Gasteiger partial charge < -0.3 is 5.32 Å². The van der Waals surface area contributed by atoms with E-state index in [0.29, 0.717) is 23.0 Å².